The molecule has 5 nitrogen and oxygen atoms in total. The zero-order valence-corrected chi connectivity index (χ0v) is 18.2. The van der Waals surface area contributed by atoms with Crippen LogP contribution in [0.2, 0.25) is 0 Å². The second-order valence-electron chi connectivity index (χ2n) is 8.57. The molecule has 0 saturated carbocycles. The van der Waals surface area contributed by atoms with Crippen LogP contribution in [0.4, 0.5) is 11.5 Å². The number of nitrogens with one attached hydrogen (secondary N) is 1. The number of pyridine rings is 1. The molecule has 1 aromatic heterocycles. The lowest BCUT2D eigenvalue weighted by molar-refractivity contribution is 0.237. The van der Waals surface area contributed by atoms with Crippen LogP contribution in [0.5, 0.6) is 5.88 Å². The monoisotopic (exact) mass is 416 g/mol. The maximum absolute atomic E-state index is 5.90. The van der Waals surface area contributed by atoms with Gasteiger partial charge in [0.25, 0.3) is 0 Å². The molecule has 1 saturated heterocycles. The number of hydrogen-bond donors (Lipinski definition) is 1. The topological polar surface area (TPSA) is 40.6 Å². The fourth-order valence-electron chi connectivity index (χ4n) is 4.70. The standard InChI is InChI=1S/C26H32N4O/c1-2-10-23-21(7-1)8-5-11-24(23)30-18-16-29(17-19-30)15-3-4-20-31-25-13-12-22-9-6-14-27-26(22)28-25/h1-2,5,7-8,10-13H,3-4,6,9,14-20H2,(H,27,28). The molecule has 0 radical (unpaired) electrons. The lowest BCUT2D eigenvalue weighted by atomic mass is 10.1. The summed E-state index contributed by atoms with van der Waals surface area (Å²) in [5, 5.41) is 6.06. The quantitative estimate of drug-likeness (QED) is 0.571. The second kappa shape index (κ2) is 9.56. The van der Waals surface area contributed by atoms with Crippen molar-refractivity contribution in [3.05, 3.63) is 60.2 Å². The molecule has 3 aromatic rings. The van der Waals surface area contributed by atoms with Crippen LogP contribution >= 0.6 is 0 Å². The summed E-state index contributed by atoms with van der Waals surface area (Å²) < 4.78 is 5.90. The van der Waals surface area contributed by atoms with Crippen LogP contribution in [0.25, 0.3) is 10.8 Å². The highest BCUT2D eigenvalue weighted by molar-refractivity contribution is 5.94. The number of nitrogens with zero attached hydrogens (tertiary/aromatic N) is 3. The van der Waals surface area contributed by atoms with E-state index in [0.29, 0.717) is 0 Å². The number of piperazine rings is 1. The molecule has 31 heavy (non-hydrogen) atoms. The minimum atomic E-state index is 0.738. The first-order valence-electron chi connectivity index (χ1n) is 11.7. The summed E-state index contributed by atoms with van der Waals surface area (Å²) in [5.41, 5.74) is 2.68. The summed E-state index contributed by atoms with van der Waals surface area (Å²) in [4.78, 5) is 9.74. The predicted molar refractivity (Wildman–Crippen MR) is 128 cm³/mol. The number of aromatic nitrogens is 1. The molecule has 0 spiro atoms. The van der Waals surface area contributed by atoms with Crippen molar-refractivity contribution in [1.82, 2.24) is 9.88 Å². The number of hydrogen-bond acceptors (Lipinski definition) is 5. The van der Waals surface area contributed by atoms with E-state index in [2.05, 4.69) is 68.6 Å². The smallest absolute Gasteiger partial charge is 0.215 e. The zero-order valence-electron chi connectivity index (χ0n) is 18.2. The molecule has 0 bridgehead atoms. The van der Waals surface area contributed by atoms with Crippen molar-refractivity contribution in [3.63, 3.8) is 0 Å². The molecule has 1 N–H and O–H groups in total. The summed E-state index contributed by atoms with van der Waals surface area (Å²) in [6, 6.07) is 19.5. The largest absolute Gasteiger partial charge is 0.478 e. The van der Waals surface area contributed by atoms with E-state index in [1.807, 2.05) is 6.07 Å². The first kappa shape index (κ1) is 20.1. The van der Waals surface area contributed by atoms with E-state index in [-0.39, 0.29) is 0 Å². The third kappa shape index (κ3) is 4.77. The number of anilines is 2. The molecule has 0 aliphatic carbocycles. The number of fused-ring (bicyclic) bond motifs is 2. The van der Waals surface area contributed by atoms with Gasteiger partial charge < -0.3 is 15.0 Å². The summed E-state index contributed by atoms with van der Waals surface area (Å²) in [7, 11) is 0. The summed E-state index contributed by atoms with van der Waals surface area (Å²) in [6.45, 7) is 7.34. The van der Waals surface area contributed by atoms with E-state index < -0.39 is 0 Å². The highest BCUT2D eigenvalue weighted by atomic mass is 16.5. The first-order chi connectivity index (χ1) is 15.4. The Morgan fingerprint density at radius 3 is 2.71 bits per heavy atom. The molecule has 2 aromatic carbocycles. The Morgan fingerprint density at radius 2 is 1.77 bits per heavy atom. The Balaban J connectivity index is 1.04. The first-order valence-corrected chi connectivity index (χ1v) is 11.7. The van der Waals surface area contributed by atoms with Crippen LogP contribution in [0.15, 0.2) is 54.6 Å². The number of ether oxygens (including phenoxy) is 1. The van der Waals surface area contributed by atoms with Crippen molar-refractivity contribution in [2.45, 2.75) is 25.7 Å². The van der Waals surface area contributed by atoms with Crippen molar-refractivity contribution >= 4 is 22.3 Å². The summed E-state index contributed by atoms with van der Waals surface area (Å²) in [5.74, 6) is 1.75. The van der Waals surface area contributed by atoms with Gasteiger partial charge in [0, 0.05) is 49.9 Å². The molecule has 0 atom stereocenters. The minimum Gasteiger partial charge on any atom is -0.478 e. The van der Waals surface area contributed by atoms with Gasteiger partial charge in [0.2, 0.25) is 5.88 Å². The fourth-order valence-corrected chi connectivity index (χ4v) is 4.70. The van der Waals surface area contributed by atoms with Gasteiger partial charge in [-0.1, -0.05) is 36.4 Å². The molecular formula is C26H32N4O. The van der Waals surface area contributed by atoms with E-state index in [4.69, 9.17) is 4.74 Å². The maximum Gasteiger partial charge on any atom is 0.215 e. The van der Waals surface area contributed by atoms with Crippen molar-refractivity contribution in [2.24, 2.45) is 0 Å². The lowest BCUT2D eigenvalue weighted by Crippen LogP contribution is -2.46. The van der Waals surface area contributed by atoms with E-state index in [1.54, 1.807) is 0 Å². The Labute approximate surface area is 185 Å². The fraction of sp³-hybridized carbons (Fsp3) is 0.423. The molecule has 2 aliphatic rings. The van der Waals surface area contributed by atoms with E-state index in [9.17, 15) is 0 Å². The Bertz CT molecular complexity index is 1010. The van der Waals surface area contributed by atoms with Gasteiger partial charge in [-0.15, -0.1) is 0 Å². The van der Waals surface area contributed by atoms with Crippen LogP contribution in [0.3, 0.4) is 0 Å². The molecular weight excluding hydrogens is 384 g/mol. The molecule has 5 rings (SSSR count). The Morgan fingerprint density at radius 1 is 0.903 bits per heavy atom. The maximum atomic E-state index is 5.90. The normalized spacial score (nSPS) is 16.7. The van der Waals surface area contributed by atoms with Crippen LogP contribution < -0.4 is 15.0 Å². The van der Waals surface area contributed by atoms with E-state index in [1.165, 1.54) is 28.4 Å². The van der Waals surface area contributed by atoms with Crippen molar-refractivity contribution in [1.29, 1.82) is 0 Å². The van der Waals surface area contributed by atoms with Gasteiger partial charge in [-0.05, 0) is 55.3 Å². The number of benzene rings is 2. The van der Waals surface area contributed by atoms with Gasteiger partial charge in [-0.3, -0.25) is 4.90 Å². The van der Waals surface area contributed by atoms with Crippen LogP contribution in [-0.4, -0.2) is 55.8 Å². The van der Waals surface area contributed by atoms with Gasteiger partial charge in [0.15, 0.2) is 0 Å². The van der Waals surface area contributed by atoms with Crippen molar-refractivity contribution in [2.75, 3.05) is 56.1 Å². The van der Waals surface area contributed by atoms with E-state index in [0.717, 1.165) is 76.8 Å². The average molecular weight is 417 g/mol. The summed E-state index contributed by atoms with van der Waals surface area (Å²) >= 11 is 0. The number of aryl methyl sites for hydroxylation is 1. The molecule has 2 aliphatic heterocycles. The van der Waals surface area contributed by atoms with Gasteiger partial charge in [0.1, 0.15) is 5.82 Å². The third-order valence-electron chi connectivity index (χ3n) is 6.47. The highest BCUT2D eigenvalue weighted by Crippen LogP contribution is 2.27. The highest BCUT2D eigenvalue weighted by Gasteiger charge is 2.18. The van der Waals surface area contributed by atoms with Crippen LogP contribution in [0.1, 0.15) is 24.8 Å². The van der Waals surface area contributed by atoms with Crippen LogP contribution in [-0.2, 0) is 6.42 Å². The van der Waals surface area contributed by atoms with Crippen LogP contribution in [0, 0.1) is 0 Å². The molecule has 1 fully saturated rings. The average Bonchev–Trinajstić information content (AvgIpc) is 2.84. The number of unbranched alkanes of at least 4 members (excludes halogenated alkanes) is 1. The predicted octanol–water partition coefficient (Wildman–Crippen LogP) is 4.57. The SMILES string of the molecule is c1ccc2c(N3CCN(CCCCOc4ccc5c(n4)NCCC5)CC3)cccc2c1. The molecule has 0 unspecified atom stereocenters. The Hall–Kier alpha value is -2.79. The Kier molecular flexibility index (Phi) is 6.21. The molecule has 3 heterocycles. The van der Waals surface area contributed by atoms with E-state index >= 15 is 0 Å². The van der Waals surface area contributed by atoms with Crippen molar-refractivity contribution in [3.8, 4) is 5.88 Å². The molecule has 162 valence electrons. The molecule has 5 heteroatoms. The van der Waals surface area contributed by atoms with Gasteiger partial charge in [-0.25, -0.2) is 0 Å². The summed E-state index contributed by atoms with van der Waals surface area (Å²) in [6.07, 6.45) is 4.53. The van der Waals surface area contributed by atoms with Crippen molar-refractivity contribution < 1.29 is 4.74 Å². The molecule has 0 amide bonds. The van der Waals surface area contributed by atoms with Gasteiger partial charge in [0.05, 0.1) is 6.61 Å². The second-order valence-corrected chi connectivity index (χ2v) is 8.57. The lowest BCUT2D eigenvalue weighted by Gasteiger charge is -2.36. The zero-order chi connectivity index (χ0) is 20.9. The third-order valence-corrected chi connectivity index (χ3v) is 6.47. The van der Waals surface area contributed by atoms with Gasteiger partial charge in [-0.2, -0.15) is 4.98 Å². The number of rotatable bonds is 7. The minimum absolute atomic E-state index is 0.738. The van der Waals surface area contributed by atoms with Gasteiger partial charge >= 0.3 is 0 Å².